The lowest BCUT2D eigenvalue weighted by Gasteiger charge is -2.19. The largest absolute Gasteiger partial charge is 0.326 e. The smallest absolute Gasteiger partial charge is 0.224 e. The zero-order chi connectivity index (χ0) is 18.5. The first kappa shape index (κ1) is 19.3. The van der Waals surface area contributed by atoms with Crippen molar-refractivity contribution in [3.8, 4) is 0 Å². The van der Waals surface area contributed by atoms with Crippen LogP contribution in [0.15, 0.2) is 36.5 Å². The zero-order valence-electron chi connectivity index (χ0n) is 14.9. The van der Waals surface area contributed by atoms with Crippen LogP contribution in [0.5, 0.6) is 0 Å². The molecule has 1 aromatic carbocycles. The fourth-order valence-electron chi connectivity index (χ4n) is 2.21. The van der Waals surface area contributed by atoms with Gasteiger partial charge in [0.15, 0.2) is 0 Å². The normalized spacial score (nSPS) is 12.3. The third kappa shape index (κ3) is 5.51. The first-order valence-corrected chi connectivity index (χ1v) is 9.81. The number of anilines is 1. The summed E-state index contributed by atoms with van der Waals surface area (Å²) in [6.07, 6.45) is 3.31. The van der Waals surface area contributed by atoms with Crippen LogP contribution in [0.1, 0.15) is 40.0 Å². The highest BCUT2D eigenvalue weighted by atomic mass is 32.2. The molecule has 0 unspecified atom stereocenters. The fourth-order valence-corrected chi connectivity index (χ4v) is 3.06. The van der Waals surface area contributed by atoms with Crippen molar-refractivity contribution < 1.29 is 13.2 Å². The minimum atomic E-state index is -3.32. The molecule has 25 heavy (non-hydrogen) atoms. The number of nitrogens with one attached hydrogen (secondary N) is 2. The highest BCUT2D eigenvalue weighted by molar-refractivity contribution is 7.90. The molecule has 0 fully saturated rings. The second kappa shape index (κ2) is 7.93. The molecule has 1 heterocycles. The van der Waals surface area contributed by atoms with Crippen molar-refractivity contribution in [3.05, 3.63) is 36.5 Å². The number of hydrogen-bond acceptors (Lipinski definition) is 4. The molecule has 0 saturated carbocycles. The van der Waals surface area contributed by atoms with E-state index < -0.39 is 14.8 Å². The van der Waals surface area contributed by atoms with Gasteiger partial charge in [-0.15, -0.1) is 0 Å². The Morgan fingerprint density at radius 2 is 1.92 bits per heavy atom. The molecule has 6 nitrogen and oxygen atoms in total. The molecule has 0 aliphatic heterocycles. The molecule has 1 amide bonds. The molecule has 2 N–H and O–H groups in total. The van der Waals surface area contributed by atoms with E-state index in [9.17, 15) is 13.2 Å². The third-order valence-corrected chi connectivity index (χ3v) is 6.01. The molecule has 7 heteroatoms. The number of nitrogens with zero attached hydrogens (tertiary/aromatic N) is 1. The Hall–Kier alpha value is -1.99. The minimum Gasteiger partial charge on any atom is -0.326 e. The SMILES string of the molecule is CC(C)(C)S(=O)(=O)NCCCCC(=O)Nc1ccc2ncccc2c1. The van der Waals surface area contributed by atoms with Gasteiger partial charge in [0.25, 0.3) is 0 Å². The third-order valence-electron chi connectivity index (χ3n) is 3.82. The van der Waals surface area contributed by atoms with E-state index in [0.717, 1.165) is 16.6 Å². The van der Waals surface area contributed by atoms with Gasteiger partial charge in [-0.3, -0.25) is 9.78 Å². The Morgan fingerprint density at radius 1 is 1.16 bits per heavy atom. The van der Waals surface area contributed by atoms with E-state index >= 15 is 0 Å². The number of aromatic nitrogens is 1. The van der Waals surface area contributed by atoms with Crippen molar-refractivity contribution in [2.45, 2.75) is 44.8 Å². The first-order valence-electron chi connectivity index (χ1n) is 8.33. The number of carbonyl (C=O) groups is 1. The van der Waals surface area contributed by atoms with E-state index in [2.05, 4.69) is 15.0 Å². The fraction of sp³-hybridized carbons (Fsp3) is 0.444. The molecule has 2 rings (SSSR count). The molecule has 136 valence electrons. The predicted octanol–water partition coefficient (Wildman–Crippen LogP) is 3.06. The zero-order valence-corrected chi connectivity index (χ0v) is 15.7. The van der Waals surface area contributed by atoms with Crippen LogP contribution in [-0.4, -0.2) is 30.6 Å². The van der Waals surface area contributed by atoms with Gasteiger partial charge in [-0.2, -0.15) is 0 Å². The van der Waals surface area contributed by atoms with Crippen molar-refractivity contribution in [3.63, 3.8) is 0 Å². The number of hydrogen-bond donors (Lipinski definition) is 2. The number of unbranched alkanes of at least 4 members (excludes halogenated alkanes) is 1. The Morgan fingerprint density at radius 3 is 2.64 bits per heavy atom. The molecule has 0 aliphatic carbocycles. The van der Waals surface area contributed by atoms with Gasteiger partial charge in [-0.25, -0.2) is 13.1 Å². The van der Waals surface area contributed by atoms with Crippen LogP contribution in [0, 0.1) is 0 Å². The Balaban J connectivity index is 1.75. The highest BCUT2D eigenvalue weighted by Crippen LogP contribution is 2.17. The van der Waals surface area contributed by atoms with Crippen LogP contribution in [0.4, 0.5) is 5.69 Å². The molecule has 0 saturated heterocycles. The van der Waals surface area contributed by atoms with Crippen LogP contribution in [-0.2, 0) is 14.8 Å². The maximum absolute atomic E-state index is 12.0. The molecular formula is C18H25N3O3S. The molecule has 2 aromatic rings. The summed E-state index contributed by atoms with van der Waals surface area (Å²) < 4.78 is 25.6. The number of carbonyl (C=O) groups excluding carboxylic acids is 1. The van der Waals surface area contributed by atoms with Crippen molar-refractivity contribution in [2.75, 3.05) is 11.9 Å². The Kier molecular flexibility index (Phi) is 6.13. The quantitative estimate of drug-likeness (QED) is 0.740. The van der Waals surface area contributed by atoms with Crippen LogP contribution >= 0.6 is 0 Å². The van der Waals surface area contributed by atoms with E-state index in [4.69, 9.17) is 0 Å². The highest BCUT2D eigenvalue weighted by Gasteiger charge is 2.27. The topological polar surface area (TPSA) is 88.2 Å². The first-order chi connectivity index (χ1) is 11.7. The molecule has 0 bridgehead atoms. The van der Waals surface area contributed by atoms with Gasteiger partial charge in [0, 0.05) is 30.2 Å². The molecule has 1 aromatic heterocycles. The Labute approximate surface area is 149 Å². The van der Waals surface area contributed by atoms with Gasteiger partial charge in [0.2, 0.25) is 15.9 Å². The number of sulfonamides is 1. The van der Waals surface area contributed by atoms with Crippen molar-refractivity contribution >= 4 is 32.5 Å². The van der Waals surface area contributed by atoms with Crippen LogP contribution in [0.25, 0.3) is 10.9 Å². The van der Waals surface area contributed by atoms with Gasteiger partial charge >= 0.3 is 0 Å². The summed E-state index contributed by atoms with van der Waals surface area (Å²) in [7, 11) is -3.32. The summed E-state index contributed by atoms with van der Waals surface area (Å²) in [6.45, 7) is 5.31. The molecule has 0 aliphatic rings. The average Bonchev–Trinajstić information content (AvgIpc) is 2.53. The number of rotatable bonds is 7. The summed E-state index contributed by atoms with van der Waals surface area (Å²) in [6, 6.07) is 9.38. The summed E-state index contributed by atoms with van der Waals surface area (Å²) in [5, 5.41) is 3.83. The summed E-state index contributed by atoms with van der Waals surface area (Å²) >= 11 is 0. The average molecular weight is 363 g/mol. The van der Waals surface area contributed by atoms with Gasteiger partial charge in [-0.05, 0) is 57.9 Å². The second-order valence-electron chi connectivity index (χ2n) is 6.93. The number of benzene rings is 1. The van der Waals surface area contributed by atoms with Crippen molar-refractivity contribution in [2.24, 2.45) is 0 Å². The van der Waals surface area contributed by atoms with Crippen LogP contribution in [0.3, 0.4) is 0 Å². The molecule has 0 atom stereocenters. The van der Waals surface area contributed by atoms with Gasteiger partial charge in [0.05, 0.1) is 10.3 Å². The van der Waals surface area contributed by atoms with Crippen LogP contribution in [0.2, 0.25) is 0 Å². The summed E-state index contributed by atoms with van der Waals surface area (Å²) in [5.41, 5.74) is 1.62. The Bertz CT molecular complexity index is 842. The predicted molar refractivity (Wildman–Crippen MR) is 101 cm³/mol. The van der Waals surface area contributed by atoms with E-state index in [1.807, 2.05) is 30.3 Å². The maximum Gasteiger partial charge on any atom is 0.224 e. The van der Waals surface area contributed by atoms with E-state index in [0.29, 0.717) is 25.8 Å². The van der Waals surface area contributed by atoms with E-state index in [-0.39, 0.29) is 5.91 Å². The van der Waals surface area contributed by atoms with Gasteiger partial charge in [-0.1, -0.05) is 6.07 Å². The standard InChI is InChI=1S/C18H25N3O3S/c1-18(2,3)25(23,24)20-12-5-4-8-17(22)21-15-9-10-16-14(13-15)7-6-11-19-16/h6-7,9-11,13,20H,4-5,8,12H2,1-3H3,(H,21,22). The van der Waals surface area contributed by atoms with E-state index in [1.54, 1.807) is 27.0 Å². The maximum atomic E-state index is 12.0. The lowest BCUT2D eigenvalue weighted by Crippen LogP contribution is -2.39. The van der Waals surface area contributed by atoms with Crippen molar-refractivity contribution in [1.82, 2.24) is 9.71 Å². The monoisotopic (exact) mass is 363 g/mol. The lowest BCUT2D eigenvalue weighted by molar-refractivity contribution is -0.116. The molecular weight excluding hydrogens is 338 g/mol. The summed E-state index contributed by atoms with van der Waals surface area (Å²) in [5.74, 6) is -0.0816. The summed E-state index contributed by atoms with van der Waals surface area (Å²) in [4.78, 5) is 16.2. The molecule has 0 radical (unpaired) electrons. The van der Waals surface area contributed by atoms with Crippen molar-refractivity contribution in [1.29, 1.82) is 0 Å². The second-order valence-corrected chi connectivity index (χ2v) is 9.45. The van der Waals surface area contributed by atoms with Gasteiger partial charge < -0.3 is 5.32 Å². The van der Waals surface area contributed by atoms with Gasteiger partial charge in [0.1, 0.15) is 0 Å². The number of fused-ring (bicyclic) bond motifs is 1. The minimum absolute atomic E-state index is 0.0816. The molecule has 0 spiro atoms. The number of pyridine rings is 1. The van der Waals surface area contributed by atoms with Crippen LogP contribution < -0.4 is 10.0 Å². The lowest BCUT2D eigenvalue weighted by atomic mass is 10.2. The number of amides is 1. The van der Waals surface area contributed by atoms with E-state index in [1.165, 1.54) is 0 Å².